The highest BCUT2D eigenvalue weighted by Crippen LogP contribution is 2.44. The van der Waals surface area contributed by atoms with Crippen molar-refractivity contribution >= 4 is 46.3 Å². The van der Waals surface area contributed by atoms with E-state index in [-0.39, 0.29) is 33.0 Å². The standard InChI is InChI=1S/C25H20Cl2N4O5S/c1-13(32)12-36-22(34)21-20(14-7-5-4-6-8-14)30-23(37-21)25(2,3)19-16(26)9-15(10-17(19)27)31-24(35)29-18(33)11-28-31/h4-11H,12H2,1-3H3,(H,29,33,35). The molecule has 37 heavy (non-hydrogen) atoms. The van der Waals surface area contributed by atoms with Crippen molar-refractivity contribution in [2.75, 3.05) is 6.61 Å². The first-order chi connectivity index (χ1) is 17.5. The fourth-order valence-electron chi connectivity index (χ4n) is 3.67. The third-order valence-electron chi connectivity index (χ3n) is 5.41. The number of carbonyl (C=O) groups is 2. The topological polar surface area (TPSA) is 124 Å². The maximum absolute atomic E-state index is 12.9. The fraction of sp³-hybridized carbons (Fsp3) is 0.200. The predicted molar refractivity (Wildman–Crippen MR) is 141 cm³/mol. The van der Waals surface area contributed by atoms with Crippen LogP contribution in [0.2, 0.25) is 10.0 Å². The minimum Gasteiger partial charge on any atom is -0.453 e. The zero-order valence-electron chi connectivity index (χ0n) is 19.9. The third kappa shape index (κ3) is 5.41. The first kappa shape index (κ1) is 26.5. The number of aromatic amines is 1. The van der Waals surface area contributed by atoms with Crippen molar-refractivity contribution in [2.24, 2.45) is 0 Å². The maximum atomic E-state index is 12.9. The molecule has 12 heteroatoms. The third-order valence-corrected chi connectivity index (χ3v) is 7.37. The van der Waals surface area contributed by atoms with E-state index >= 15 is 0 Å². The second kappa shape index (κ2) is 10.4. The van der Waals surface area contributed by atoms with Crippen LogP contribution in [0, 0.1) is 0 Å². The molecule has 2 aromatic carbocycles. The van der Waals surface area contributed by atoms with Gasteiger partial charge in [0.1, 0.15) is 22.7 Å². The summed E-state index contributed by atoms with van der Waals surface area (Å²) in [5.41, 5.74) is -0.382. The van der Waals surface area contributed by atoms with Crippen LogP contribution in [0.25, 0.3) is 16.9 Å². The normalized spacial score (nSPS) is 11.4. The summed E-state index contributed by atoms with van der Waals surface area (Å²) in [7, 11) is 0. The Morgan fingerprint density at radius 2 is 1.76 bits per heavy atom. The van der Waals surface area contributed by atoms with Crippen LogP contribution < -0.4 is 11.2 Å². The Morgan fingerprint density at radius 3 is 2.35 bits per heavy atom. The number of hydrogen-bond acceptors (Lipinski definition) is 8. The van der Waals surface area contributed by atoms with Crippen molar-refractivity contribution in [3.8, 4) is 16.9 Å². The van der Waals surface area contributed by atoms with Gasteiger partial charge in [-0.05, 0) is 32.9 Å². The number of Topliss-reactive ketones (excluding diaryl/α,β-unsaturated/α-hetero) is 1. The molecule has 0 aliphatic heterocycles. The Balaban J connectivity index is 1.82. The number of carbonyl (C=O) groups excluding carboxylic acids is 2. The molecule has 0 unspecified atom stereocenters. The van der Waals surface area contributed by atoms with Gasteiger partial charge in [0.25, 0.3) is 5.56 Å². The Labute approximate surface area is 224 Å². The van der Waals surface area contributed by atoms with E-state index in [1.165, 1.54) is 19.1 Å². The van der Waals surface area contributed by atoms with E-state index < -0.39 is 22.6 Å². The van der Waals surface area contributed by atoms with E-state index in [0.717, 1.165) is 22.2 Å². The number of hydrogen-bond donors (Lipinski definition) is 1. The number of esters is 1. The summed E-state index contributed by atoms with van der Waals surface area (Å²) in [6, 6.07) is 12.1. The number of aromatic nitrogens is 4. The summed E-state index contributed by atoms with van der Waals surface area (Å²) in [5, 5.41) is 4.81. The molecule has 0 aliphatic rings. The van der Waals surface area contributed by atoms with Crippen LogP contribution in [0.1, 0.15) is 41.0 Å². The lowest BCUT2D eigenvalue weighted by atomic mass is 9.85. The lowest BCUT2D eigenvalue weighted by Gasteiger charge is -2.25. The van der Waals surface area contributed by atoms with Crippen LogP contribution >= 0.6 is 34.5 Å². The number of rotatable bonds is 7. The van der Waals surface area contributed by atoms with Crippen molar-refractivity contribution in [1.29, 1.82) is 0 Å². The molecule has 0 saturated carbocycles. The summed E-state index contributed by atoms with van der Waals surface area (Å²) >= 11 is 14.4. The Hall–Kier alpha value is -3.60. The van der Waals surface area contributed by atoms with Gasteiger partial charge in [0.2, 0.25) is 0 Å². The highest BCUT2D eigenvalue weighted by Gasteiger charge is 2.35. The van der Waals surface area contributed by atoms with E-state index in [1.54, 1.807) is 0 Å². The van der Waals surface area contributed by atoms with Crippen molar-refractivity contribution < 1.29 is 14.3 Å². The molecule has 190 valence electrons. The minimum absolute atomic E-state index is 0.226. The van der Waals surface area contributed by atoms with Gasteiger partial charge < -0.3 is 4.74 Å². The second-order valence-electron chi connectivity index (χ2n) is 8.60. The summed E-state index contributed by atoms with van der Waals surface area (Å²) in [6.07, 6.45) is 0.967. The van der Waals surface area contributed by atoms with Crippen LogP contribution in [-0.2, 0) is 14.9 Å². The van der Waals surface area contributed by atoms with Crippen molar-refractivity contribution in [3.63, 3.8) is 0 Å². The average molecular weight is 559 g/mol. The molecule has 0 atom stereocenters. The maximum Gasteiger partial charge on any atom is 0.351 e. The number of H-pyrrole nitrogens is 1. The van der Waals surface area contributed by atoms with Gasteiger partial charge in [-0.25, -0.2) is 14.6 Å². The van der Waals surface area contributed by atoms with E-state index in [9.17, 15) is 19.2 Å². The number of nitrogens with one attached hydrogen (secondary N) is 1. The molecule has 0 bridgehead atoms. The number of thiazole rings is 1. The smallest absolute Gasteiger partial charge is 0.351 e. The number of nitrogens with zero attached hydrogens (tertiary/aromatic N) is 3. The van der Waals surface area contributed by atoms with Gasteiger partial charge in [0, 0.05) is 26.6 Å². The molecule has 9 nitrogen and oxygen atoms in total. The zero-order chi connectivity index (χ0) is 26.9. The Kier molecular flexibility index (Phi) is 7.44. The largest absolute Gasteiger partial charge is 0.453 e. The molecule has 0 spiro atoms. The van der Waals surface area contributed by atoms with Gasteiger partial charge in [0.05, 0.1) is 11.4 Å². The van der Waals surface area contributed by atoms with Gasteiger partial charge in [0.15, 0.2) is 5.78 Å². The molecule has 4 rings (SSSR count). The van der Waals surface area contributed by atoms with Gasteiger partial charge in [-0.1, -0.05) is 53.5 Å². The Bertz CT molecular complexity index is 1600. The van der Waals surface area contributed by atoms with Gasteiger partial charge >= 0.3 is 11.7 Å². The molecule has 0 amide bonds. The summed E-state index contributed by atoms with van der Waals surface area (Å²) in [4.78, 5) is 54.9. The first-order valence-electron chi connectivity index (χ1n) is 10.9. The molecule has 0 radical (unpaired) electrons. The molecule has 0 fully saturated rings. The number of halogens is 2. The molecule has 2 heterocycles. The predicted octanol–water partition coefficient (Wildman–Crippen LogP) is 4.42. The van der Waals surface area contributed by atoms with Crippen LogP contribution in [-0.4, -0.2) is 38.1 Å². The average Bonchev–Trinajstić information content (AvgIpc) is 3.29. The molecular formula is C25H20Cl2N4O5S. The summed E-state index contributed by atoms with van der Waals surface area (Å²) in [5.74, 6) is -0.945. The summed E-state index contributed by atoms with van der Waals surface area (Å²) < 4.78 is 6.15. The lowest BCUT2D eigenvalue weighted by molar-refractivity contribution is -0.120. The van der Waals surface area contributed by atoms with Gasteiger partial charge in [-0.2, -0.15) is 9.78 Å². The number of benzene rings is 2. The van der Waals surface area contributed by atoms with Crippen LogP contribution in [0.15, 0.2) is 58.3 Å². The van der Waals surface area contributed by atoms with E-state index in [1.807, 2.05) is 44.2 Å². The van der Waals surface area contributed by atoms with Crippen molar-refractivity contribution in [3.05, 3.63) is 95.0 Å². The molecule has 0 saturated heterocycles. The quantitative estimate of drug-likeness (QED) is 0.333. The van der Waals surface area contributed by atoms with Crippen molar-refractivity contribution in [1.82, 2.24) is 19.7 Å². The van der Waals surface area contributed by atoms with Crippen LogP contribution in [0.5, 0.6) is 0 Å². The second-order valence-corrected chi connectivity index (χ2v) is 10.4. The zero-order valence-corrected chi connectivity index (χ0v) is 22.2. The summed E-state index contributed by atoms with van der Waals surface area (Å²) in [6.45, 7) is 4.68. The van der Waals surface area contributed by atoms with Gasteiger partial charge in [-0.15, -0.1) is 11.3 Å². The molecular weight excluding hydrogens is 539 g/mol. The Morgan fingerprint density at radius 1 is 1.11 bits per heavy atom. The first-order valence-corrected chi connectivity index (χ1v) is 12.5. The van der Waals surface area contributed by atoms with Crippen molar-refractivity contribution in [2.45, 2.75) is 26.2 Å². The highest BCUT2D eigenvalue weighted by atomic mass is 35.5. The minimum atomic E-state index is -0.886. The molecule has 2 aromatic heterocycles. The van der Waals surface area contributed by atoms with E-state index in [0.29, 0.717) is 21.8 Å². The van der Waals surface area contributed by atoms with E-state index in [2.05, 4.69) is 10.1 Å². The monoisotopic (exact) mass is 558 g/mol. The van der Waals surface area contributed by atoms with E-state index in [4.69, 9.17) is 32.9 Å². The fourth-order valence-corrected chi connectivity index (χ4v) is 5.71. The molecule has 4 aromatic rings. The van der Waals surface area contributed by atoms with Crippen LogP contribution in [0.4, 0.5) is 0 Å². The number of ketones is 1. The SMILES string of the molecule is CC(=O)COC(=O)c1sc(C(C)(C)c2c(Cl)cc(-n3ncc(=O)[nH]c3=O)cc2Cl)nc1-c1ccccc1. The lowest BCUT2D eigenvalue weighted by Crippen LogP contribution is -2.30. The van der Waals surface area contributed by atoms with Crippen LogP contribution in [0.3, 0.4) is 0 Å². The molecule has 1 N–H and O–H groups in total. The van der Waals surface area contributed by atoms with Gasteiger partial charge in [-0.3, -0.25) is 14.6 Å². The number of ether oxygens (including phenoxy) is 1. The molecule has 0 aliphatic carbocycles. The highest BCUT2D eigenvalue weighted by molar-refractivity contribution is 7.14.